The van der Waals surface area contributed by atoms with Gasteiger partial charge in [-0.15, -0.1) is 0 Å². The number of nitro benzene ring substituents is 1. The summed E-state index contributed by atoms with van der Waals surface area (Å²) in [6.07, 6.45) is 0. The van der Waals surface area contributed by atoms with Gasteiger partial charge >= 0.3 is 5.97 Å². The zero-order valence-corrected chi connectivity index (χ0v) is 18.2. The van der Waals surface area contributed by atoms with Crippen LogP contribution < -0.4 is 9.62 Å². The molecule has 3 aromatic carbocycles. The monoisotopic (exact) mass is 469 g/mol. The summed E-state index contributed by atoms with van der Waals surface area (Å²) >= 11 is 0. The minimum atomic E-state index is -4.23. The molecule has 0 unspecified atom stereocenters. The highest BCUT2D eigenvalue weighted by Crippen LogP contribution is 2.27. The van der Waals surface area contributed by atoms with Crippen molar-refractivity contribution in [2.45, 2.75) is 4.90 Å². The van der Waals surface area contributed by atoms with Crippen LogP contribution in [0.25, 0.3) is 0 Å². The summed E-state index contributed by atoms with van der Waals surface area (Å²) in [5, 5.41) is 13.7. The molecule has 0 bridgehead atoms. The van der Waals surface area contributed by atoms with Gasteiger partial charge in [0.2, 0.25) is 5.91 Å². The lowest BCUT2D eigenvalue weighted by atomic mass is 10.2. The Morgan fingerprint density at radius 1 is 1.00 bits per heavy atom. The van der Waals surface area contributed by atoms with Crippen LogP contribution in [0.3, 0.4) is 0 Å². The van der Waals surface area contributed by atoms with Crippen molar-refractivity contribution >= 4 is 39.0 Å². The number of esters is 1. The van der Waals surface area contributed by atoms with E-state index >= 15 is 0 Å². The highest BCUT2D eigenvalue weighted by Gasteiger charge is 2.28. The standard InChI is InChI=1S/C22H19N3O7S/c1-32-22(27)16-7-5-8-17(13-16)23-21(26)15-24(18-9-6-10-19(14-18)25(28)29)33(30,31)20-11-3-2-4-12-20/h2-14H,15H2,1H3,(H,23,26). The van der Waals surface area contributed by atoms with E-state index in [0.29, 0.717) is 0 Å². The molecule has 0 aromatic heterocycles. The van der Waals surface area contributed by atoms with E-state index in [4.69, 9.17) is 0 Å². The molecule has 3 rings (SSSR count). The van der Waals surface area contributed by atoms with Crippen molar-refractivity contribution in [2.24, 2.45) is 0 Å². The van der Waals surface area contributed by atoms with Crippen molar-refractivity contribution in [1.82, 2.24) is 0 Å². The predicted molar refractivity (Wildman–Crippen MR) is 120 cm³/mol. The van der Waals surface area contributed by atoms with Gasteiger partial charge in [0.15, 0.2) is 0 Å². The van der Waals surface area contributed by atoms with E-state index < -0.39 is 33.4 Å². The Kier molecular flexibility index (Phi) is 7.04. The van der Waals surface area contributed by atoms with E-state index in [2.05, 4.69) is 10.1 Å². The van der Waals surface area contributed by atoms with Crippen LogP contribution in [0.2, 0.25) is 0 Å². The number of nitro groups is 1. The number of carbonyl (C=O) groups is 2. The first-order chi connectivity index (χ1) is 15.7. The first kappa shape index (κ1) is 23.4. The van der Waals surface area contributed by atoms with Crippen LogP contribution in [0, 0.1) is 10.1 Å². The summed E-state index contributed by atoms with van der Waals surface area (Å²) in [6, 6.07) is 18.3. The summed E-state index contributed by atoms with van der Waals surface area (Å²) in [5.74, 6) is -1.32. The maximum absolute atomic E-state index is 13.3. The maximum Gasteiger partial charge on any atom is 0.337 e. The minimum Gasteiger partial charge on any atom is -0.465 e. The zero-order chi connectivity index (χ0) is 24.0. The zero-order valence-electron chi connectivity index (χ0n) is 17.4. The molecular weight excluding hydrogens is 450 g/mol. The van der Waals surface area contributed by atoms with Crippen molar-refractivity contribution in [2.75, 3.05) is 23.3 Å². The van der Waals surface area contributed by atoms with Gasteiger partial charge in [-0.2, -0.15) is 0 Å². The van der Waals surface area contributed by atoms with Gasteiger partial charge < -0.3 is 10.1 Å². The normalized spacial score (nSPS) is 10.8. The number of non-ortho nitro benzene ring substituents is 1. The van der Waals surface area contributed by atoms with Crippen molar-refractivity contribution < 1.29 is 27.7 Å². The van der Waals surface area contributed by atoms with Crippen molar-refractivity contribution in [3.8, 4) is 0 Å². The lowest BCUT2D eigenvalue weighted by molar-refractivity contribution is -0.384. The van der Waals surface area contributed by atoms with Crippen molar-refractivity contribution in [3.63, 3.8) is 0 Å². The Balaban J connectivity index is 1.95. The van der Waals surface area contributed by atoms with E-state index in [9.17, 15) is 28.1 Å². The number of rotatable bonds is 8. The fraction of sp³-hybridized carbons (Fsp3) is 0.0909. The van der Waals surface area contributed by atoms with E-state index in [1.54, 1.807) is 6.07 Å². The first-order valence-electron chi connectivity index (χ1n) is 9.53. The van der Waals surface area contributed by atoms with Gasteiger partial charge in [-0.3, -0.25) is 19.2 Å². The van der Waals surface area contributed by atoms with E-state index in [0.717, 1.165) is 10.4 Å². The third-order valence-corrected chi connectivity index (χ3v) is 6.30. The Morgan fingerprint density at radius 2 is 1.70 bits per heavy atom. The molecule has 0 aliphatic carbocycles. The maximum atomic E-state index is 13.3. The highest BCUT2D eigenvalue weighted by atomic mass is 32.2. The molecule has 1 amide bonds. The summed E-state index contributed by atoms with van der Waals surface area (Å²) in [7, 11) is -3.01. The summed E-state index contributed by atoms with van der Waals surface area (Å²) < 4.78 is 32.0. The fourth-order valence-corrected chi connectivity index (χ4v) is 4.40. The number of anilines is 2. The number of ether oxygens (including phenoxy) is 1. The molecule has 0 fully saturated rings. The number of sulfonamides is 1. The second kappa shape index (κ2) is 9.92. The molecule has 0 aliphatic heterocycles. The topological polar surface area (TPSA) is 136 Å². The largest absolute Gasteiger partial charge is 0.465 e. The quantitative estimate of drug-likeness (QED) is 0.304. The molecule has 0 heterocycles. The molecular formula is C22H19N3O7S. The van der Waals surface area contributed by atoms with E-state index in [1.165, 1.54) is 73.8 Å². The Morgan fingerprint density at radius 3 is 2.36 bits per heavy atom. The number of nitrogens with zero attached hydrogens (tertiary/aromatic N) is 2. The molecule has 0 atom stereocenters. The number of nitrogens with one attached hydrogen (secondary N) is 1. The SMILES string of the molecule is COC(=O)c1cccc(NC(=O)CN(c2cccc([N+](=O)[O-])c2)S(=O)(=O)c2ccccc2)c1. The van der Waals surface area contributed by atoms with Gasteiger partial charge in [0.1, 0.15) is 6.54 Å². The Bertz CT molecular complexity index is 1290. The smallest absolute Gasteiger partial charge is 0.337 e. The van der Waals surface area contributed by atoms with E-state index in [-0.39, 0.29) is 27.5 Å². The van der Waals surface area contributed by atoms with E-state index in [1.807, 2.05) is 0 Å². The van der Waals surface area contributed by atoms with Crippen LogP contribution in [0.1, 0.15) is 10.4 Å². The molecule has 0 spiro atoms. The third-order valence-electron chi connectivity index (χ3n) is 4.51. The third kappa shape index (κ3) is 5.52. The number of hydrogen-bond donors (Lipinski definition) is 1. The van der Waals surface area contributed by atoms with Crippen LogP contribution in [0.4, 0.5) is 17.1 Å². The van der Waals surface area contributed by atoms with Gasteiger partial charge in [-0.1, -0.05) is 30.3 Å². The molecule has 0 saturated carbocycles. The summed E-state index contributed by atoms with van der Waals surface area (Å²) in [5.41, 5.74) is 0.0696. The van der Waals surface area contributed by atoms with Gasteiger partial charge in [0.25, 0.3) is 15.7 Å². The summed E-state index contributed by atoms with van der Waals surface area (Å²) in [6.45, 7) is -0.666. The number of amides is 1. The molecule has 10 nitrogen and oxygen atoms in total. The molecule has 11 heteroatoms. The molecule has 0 radical (unpaired) electrons. The molecule has 0 saturated heterocycles. The number of hydrogen-bond acceptors (Lipinski definition) is 7. The second-order valence-electron chi connectivity index (χ2n) is 6.72. The first-order valence-corrected chi connectivity index (χ1v) is 11.0. The number of carbonyl (C=O) groups excluding carboxylic acids is 2. The second-order valence-corrected chi connectivity index (χ2v) is 8.58. The van der Waals surface area contributed by atoms with Gasteiger partial charge in [-0.05, 0) is 36.4 Å². The predicted octanol–water partition coefficient (Wildman–Crippen LogP) is 3.22. The fourth-order valence-electron chi connectivity index (χ4n) is 2.97. The highest BCUT2D eigenvalue weighted by molar-refractivity contribution is 7.92. The number of methoxy groups -OCH3 is 1. The van der Waals surface area contributed by atoms with Crippen LogP contribution in [0.5, 0.6) is 0 Å². The molecule has 3 aromatic rings. The van der Waals surface area contributed by atoms with Crippen molar-refractivity contribution in [3.05, 3.63) is 94.5 Å². The lowest BCUT2D eigenvalue weighted by Gasteiger charge is -2.24. The Hall–Kier alpha value is -4.25. The lowest BCUT2D eigenvalue weighted by Crippen LogP contribution is -2.38. The molecule has 0 aliphatic rings. The minimum absolute atomic E-state index is 0.0495. The average molecular weight is 469 g/mol. The average Bonchev–Trinajstić information content (AvgIpc) is 2.82. The van der Waals surface area contributed by atoms with Gasteiger partial charge in [0, 0.05) is 17.8 Å². The number of benzene rings is 3. The van der Waals surface area contributed by atoms with Crippen LogP contribution in [-0.2, 0) is 19.6 Å². The van der Waals surface area contributed by atoms with Crippen LogP contribution in [-0.4, -0.2) is 38.9 Å². The van der Waals surface area contributed by atoms with Gasteiger partial charge in [0.05, 0.1) is 28.2 Å². The van der Waals surface area contributed by atoms with Crippen LogP contribution in [0.15, 0.2) is 83.8 Å². The van der Waals surface area contributed by atoms with Crippen molar-refractivity contribution in [1.29, 1.82) is 0 Å². The molecule has 1 N–H and O–H groups in total. The van der Waals surface area contributed by atoms with Gasteiger partial charge in [-0.25, -0.2) is 13.2 Å². The molecule has 33 heavy (non-hydrogen) atoms. The molecule has 170 valence electrons. The van der Waals surface area contributed by atoms with Crippen LogP contribution >= 0.6 is 0 Å². The summed E-state index contributed by atoms with van der Waals surface area (Å²) in [4.78, 5) is 34.9. The Labute approximate surface area is 189 Å².